The van der Waals surface area contributed by atoms with Crippen LogP contribution in [-0.2, 0) is 22.4 Å². The molecule has 1 aromatic heterocycles. The van der Waals surface area contributed by atoms with Crippen molar-refractivity contribution in [3.8, 4) is 23.0 Å². The lowest BCUT2D eigenvalue weighted by molar-refractivity contribution is -0.136. The van der Waals surface area contributed by atoms with Gasteiger partial charge in [0.1, 0.15) is 5.75 Å². The number of fused-ring (bicyclic) bond motifs is 2. The van der Waals surface area contributed by atoms with Gasteiger partial charge in [-0.3, -0.25) is 14.6 Å². The second kappa shape index (κ2) is 10.1. The van der Waals surface area contributed by atoms with Crippen LogP contribution >= 0.6 is 0 Å². The lowest BCUT2D eigenvalue weighted by Crippen LogP contribution is -2.42. The number of hydrogen-bond donors (Lipinski definition) is 2. The van der Waals surface area contributed by atoms with E-state index in [1.807, 2.05) is 24.3 Å². The van der Waals surface area contributed by atoms with Crippen LogP contribution in [0.5, 0.6) is 23.0 Å². The number of carbonyl (C=O) groups excluding carboxylic acids is 2. The number of carbonyl (C=O) groups is 2. The van der Waals surface area contributed by atoms with Crippen molar-refractivity contribution in [1.82, 2.24) is 10.3 Å². The van der Waals surface area contributed by atoms with Crippen molar-refractivity contribution in [3.05, 3.63) is 83.8 Å². The quantitative estimate of drug-likeness (QED) is 0.380. The molecule has 8 nitrogen and oxygen atoms in total. The summed E-state index contributed by atoms with van der Waals surface area (Å²) in [6.07, 6.45) is 2.87. The lowest BCUT2D eigenvalue weighted by Gasteiger charge is -2.14. The molecule has 9 heteroatoms. The summed E-state index contributed by atoms with van der Waals surface area (Å²) in [4.78, 5) is 29.1. The van der Waals surface area contributed by atoms with Gasteiger partial charge in [0, 0.05) is 35.4 Å². The minimum absolute atomic E-state index is 0.0616. The van der Waals surface area contributed by atoms with Gasteiger partial charge in [0.05, 0.1) is 19.7 Å². The molecule has 0 radical (unpaired) electrons. The average Bonchev–Trinajstić information content (AvgIpc) is 3.31. The Balaban J connectivity index is 1.26. The van der Waals surface area contributed by atoms with E-state index >= 15 is 0 Å². The molecule has 0 unspecified atom stereocenters. The maximum Gasteiger partial charge on any atom is 0.313 e. The van der Waals surface area contributed by atoms with Crippen LogP contribution < -0.4 is 24.8 Å². The number of hydrogen-bond acceptors (Lipinski definition) is 6. The number of aromatic nitrogens is 1. The molecule has 37 heavy (non-hydrogen) atoms. The summed E-state index contributed by atoms with van der Waals surface area (Å²) in [7, 11) is 3.04. The molecular weight excluding hydrogens is 477 g/mol. The average molecular weight is 502 g/mol. The van der Waals surface area contributed by atoms with E-state index in [1.165, 1.54) is 32.5 Å². The highest BCUT2D eigenvalue weighted by Gasteiger charge is 2.25. The van der Waals surface area contributed by atoms with E-state index in [4.69, 9.17) is 14.2 Å². The predicted octanol–water partition coefficient (Wildman–Crippen LogP) is 4.41. The summed E-state index contributed by atoms with van der Waals surface area (Å²) in [5.74, 6) is -1.07. The Kier molecular flexibility index (Phi) is 6.59. The Labute approximate surface area is 212 Å². The number of rotatable bonds is 6. The number of pyridine rings is 1. The summed E-state index contributed by atoms with van der Waals surface area (Å²) in [5.41, 5.74) is 3.03. The fourth-order valence-corrected chi connectivity index (χ4v) is 4.42. The van der Waals surface area contributed by atoms with Crippen LogP contribution in [0.3, 0.4) is 0 Å². The van der Waals surface area contributed by atoms with Gasteiger partial charge in [0.15, 0.2) is 23.1 Å². The van der Waals surface area contributed by atoms with E-state index in [1.54, 1.807) is 18.2 Å². The summed E-state index contributed by atoms with van der Waals surface area (Å²) >= 11 is 0. The third-order valence-corrected chi connectivity index (χ3v) is 6.21. The Morgan fingerprint density at radius 2 is 1.57 bits per heavy atom. The number of nitrogens with one attached hydrogen (secondary N) is 2. The van der Waals surface area contributed by atoms with E-state index in [2.05, 4.69) is 15.6 Å². The third-order valence-electron chi connectivity index (χ3n) is 6.21. The zero-order valence-corrected chi connectivity index (χ0v) is 20.2. The minimum Gasteiger partial charge on any atom is -0.493 e. The molecule has 0 spiro atoms. The second-order valence-electron chi connectivity index (χ2n) is 8.58. The number of benzene rings is 3. The van der Waals surface area contributed by atoms with E-state index < -0.39 is 17.6 Å². The highest BCUT2D eigenvalue weighted by molar-refractivity contribution is 6.39. The summed E-state index contributed by atoms with van der Waals surface area (Å²) in [6, 6.07) is 16.7. The van der Waals surface area contributed by atoms with Crippen molar-refractivity contribution in [2.45, 2.75) is 18.9 Å². The largest absolute Gasteiger partial charge is 0.493 e. The maximum atomic E-state index is 14.9. The number of halogens is 1. The first-order valence-electron chi connectivity index (χ1n) is 11.6. The molecule has 0 bridgehead atoms. The van der Waals surface area contributed by atoms with Crippen LogP contribution in [0.1, 0.15) is 11.1 Å². The zero-order chi connectivity index (χ0) is 25.9. The number of methoxy groups -OCH3 is 2. The van der Waals surface area contributed by atoms with Crippen LogP contribution in [0.15, 0.2) is 66.9 Å². The Morgan fingerprint density at radius 1 is 0.865 bits per heavy atom. The summed E-state index contributed by atoms with van der Waals surface area (Å²) in [5, 5.41) is 5.78. The van der Waals surface area contributed by atoms with E-state index in [0.29, 0.717) is 41.0 Å². The van der Waals surface area contributed by atoms with Crippen LogP contribution in [0.4, 0.5) is 10.1 Å². The number of ether oxygens (including phenoxy) is 3. The standard InChI is InChI=1S/C28H24FN3O5/c1-35-25-14-20-22(15-26(25)36-2)30-10-9-23(20)37-24-8-7-18(13-21(24)29)31-27(33)28(34)32-19-11-16-5-3-4-6-17(16)12-19/h3-10,13-15,19H,11-12H2,1-2H3,(H,31,33)(H,32,34). The van der Waals surface area contributed by atoms with Gasteiger partial charge in [0.2, 0.25) is 0 Å². The molecule has 1 heterocycles. The minimum atomic E-state index is -0.870. The molecule has 2 N–H and O–H groups in total. The van der Waals surface area contributed by atoms with Crippen LogP contribution in [0.2, 0.25) is 0 Å². The van der Waals surface area contributed by atoms with Crippen molar-refractivity contribution in [2.75, 3.05) is 19.5 Å². The summed E-state index contributed by atoms with van der Waals surface area (Å²) < 4.78 is 31.4. The first kappa shape index (κ1) is 24.1. The maximum absolute atomic E-state index is 14.9. The van der Waals surface area contributed by atoms with Crippen molar-refractivity contribution in [2.24, 2.45) is 0 Å². The first-order valence-corrected chi connectivity index (χ1v) is 11.6. The van der Waals surface area contributed by atoms with Crippen molar-refractivity contribution >= 4 is 28.4 Å². The highest BCUT2D eigenvalue weighted by Crippen LogP contribution is 2.37. The molecular formula is C28H24FN3O5. The van der Waals surface area contributed by atoms with Gasteiger partial charge < -0.3 is 24.8 Å². The van der Waals surface area contributed by atoms with Crippen molar-refractivity contribution < 1.29 is 28.2 Å². The smallest absolute Gasteiger partial charge is 0.313 e. The lowest BCUT2D eigenvalue weighted by atomic mass is 10.1. The first-order chi connectivity index (χ1) is 17.9. The third kappa shape index (κ3) is 5.02. The Bertz CT molecular complexity index is 1480. The van der Waals surface area contributed by atoms with Crippen LogP contribution in [0, 0.1) is 5.82 Å². The molecule has 4 aromatic rings. The fourth-order valence-electron chi connectivity index (χ4n) is 4.42. The van der Waals surface area contributed by atoms with Gasteiger partial charge in [-0.15, -0.1) is 0 Å². The second-order valence-corrected chi connectivity index (χ2v) is 8.58. The zero-order valence-electron chi connectivity index (χ0n) is 20.2. The SMILES string of the molecule is COc1cc2nccc(Oc3ccc(NC(=O)C(=O)NC4Cc5ccccc5C4)cc3F)c2cc1OC. The molecule has 2 amide bonds. The Morgan fingerprint density at radius 3 is 2.24 bits per heavy atom. The molecule has 0 atom stereocenters. The topological polar surface area (TPSA) is 98.8 Å². The molecule has 1 aliphatic rings. The van der Waals surface area contributed by atoms with Gasteiger partial charge >= 0.3 is 11.8 Å². The molecule has 0 saturated heterocycles. The van der Waals surface area contributed by atoms with E-state index in [0.717, 1.165) is 17.2 Å². The van der Waals surface area contributed by atoms with E-state index in [9.17, 15) is 14.0 Å². The van der Waals surface area contributed by atoms with Crippen LogP contribution in [-0.4, -0.2) is 37.1 Å². The summed E-state index contributed by atoms with van der Waals surface area (Å²) in [6.45, 7) is 0. The molecule has 0 fully saturated rings. The number of nitrogens with zero attached hydrogens (tertiary/aromatic N) is 1. The van der Waals surface area contributed by atoms with Gasteiger partial charge in [0.25, 0.3) is 0 Å². The van der Waals surface area contributed by atoms with Gasteiger partial charge in [-0.25, -0.2) is 4.39 Å². The molecule has 1 aliphatic carbocycles. The predicted molar refractivity (Wildman–Crippen MR) is 136 cm³/mol. The highest BCUT2D eigenvalue weighted by atomic mass is 19.1. The molecule has 3 aromatic carbocycles. The Hall–Kier alpha value is -4.66. The van der Waals surface area contributed by atoms with Gasteiger partial charge in [-0.1, -0.05) is 24.3 Å². The molecule has 0 saturated carbocycles. The van der Waals surface area contributed by atoms with Crippen LogP contribution in [0.25, 0.3) is 10.9 Å². The number of anilines is 1. The van der Waals surface area contributed by atoms with E-state index in [-0.39, 0.29) is 17.5 Å². The molecule has 188 valence electrons. The van der Waals surface area contributed by atoms with Crippen molar-refractivity contribution in [3.63, 3.8) is 0 Å². The number of amides is 2. The monoisotopic (exact) mass is 501 g/mol. The van der Waals surface area contributed by atoms with Gasteiger partial charge in [-0.2, -0.15) is 0 Å². The van der Waals surface area contributed by atoms with Gasteiger partial charge in [-0.05, 0) is 48.2 Å². The molecule has 5 rings (SSSR count). The normalized spacial score (nSPS) is 12.6. The fraction of sp³-hybridized carbons (Fsp3) is 0.179. The molecule has 0 aliphatic heterocycles. The van der Waals surface area contributed by atoms with Crippen molar-refractivity contribution in [1.29, 1.82) is 0 Å².